The van der Waals surface area contributed by atoms with E-state index in [1.165, 1.54) is 12.0 Å². The molecule has 178 valence electrons. The number of carbonyl (C=O) groups is 1. The Labute approximate surface area is 206 Å². The number of carboxylic acid groups (broad SMARTS) is 1. The lowest BCUT2D eigenvalue weighted by Crippen LogP contribution is -1.98. The molecule has 0 saturated carbocycles. The van der Waals surface area contributed by atoms with Gasteiger partial charge in [0.1, 0.15) is 17.2 Å². The Hall–Kier alpha value is -4.05. The minimum Gasteiger partial charge on any atom is -0.497 e. The SMILES string of the molecule is CCCCCc1cc2cc(OC)ccc2c(Oc2ccc(C=CC(=O)O)cc2)c1-c1ccccc1. The Morgan fingerprint density at radius 2 is 1.66 bits per heavy atom. The Balaban J connectivity index is 1.86. The third-order valence-corrected chi connectivity index (χ3v) is 6.01. The van der Waals surface area contributed by atoms with Gasteiger partial charge in [-0.25, -0.2) is 4.79 Å². The van der Waals surface area contributed by atoms with Crippen molar-refractivity contribution in [1.29, 1.82) is 0 Å². The van der Waals surface area contributed by atoms with Crippen LogP contribution < -0.4 is 9.47 Å². The molecule has 4 aromatic rings. The fourth-order valence-electron chi connectivity index (χ4n) is 4.26. The number of carboxylic acids is 1. The van der Waals surface area contributed by atoms with Crippen LogP contribution in [0.1, 0.15) is 37.3 Å². The fraction of sp³-hybridized carbons (Fsp3) is 0.194. The normalized spacial score (nSPS) is 11.1. The molecule has 0 aliphatic rings. The lowest BCUT2D eigenvalue weighted by molar-refractivity contribution is -0.131. The lowest BCUT2D eigenvalue weighted by Gasteiger charge is -2.19. The zero-order chi connectivity index (χ0) is 24.6. The maximum atomic E-state index is 10.8. The molecular formula is C31H30O4. The van der Waals surface area contributed by atoms with Gasteiger partial charge in [-0.1, -0.05) is 68.3 Å². The van der Waals surface area contributed by atoms with Gasteiger partial charge in [-0.3, -0.25) is 0 Å². The number of ether oxygens (including phenoxy) is 2. The molecule has 0 bridgehead atoms. The Kier molecular flexibility index (Phi) is 7.84. The summed E-state index contributed by atoms with van der Waals surface area (Å²) in [6.07, 6.45) is 7.10. The zero-order valence-corrected chi connectivity index (χ0v) is 20.2. The van der Waals surface area contributed by atoms with Crippen molar-refractivity contribution in [3.8, 4) is 28.4 Å². The maximum Gasteiger partial charge on any atom is 0.328 e. The molecule has 0 aromatic heterocycles. The van der Waals surface area contributed by atoms with Crippen molar-refractivity contribution in [2.24, 2.45) is 0 Å². The molecule has 0 unspecified atom stereocenters. The van der Waals surface area contributed by atoms with Gasteiger partial charge >= 0.3 is 5.97 Å². The van der Waals surface area contributed by atoms with Crippen molar-refractivity contribution in [3.63, 3.8) is 0 Å². The van der Waals surface area contributed by atoms with E-state index in [-0.39, 0.29) is 0 Å². The van der Waals surface area contributed by atoms with Crippen molar-refractivity contribution < 1.29 is 19.4 Å². The summed E-state index contributed by atoms with van der Waals surface area (Å²) in [5, 5.41) is 11.0. The summed E-state index contributed by atoms with van der Waals surface area (Å²) in [6, 6.07) is 26.2. The molecule has 4 rings (SSSR count). The number of unbranched alkanes of at least 4 members (excludes halogenated alkanes) is 2. The topological polar surface area (TPSA) is 55.8 Å². The number of methoxy groups -OCH3 is 1. The number of hydrogen-bond acceptors (Lipinski definition) is 3. The number of hydrogen-bond donors (Lipinski definition) is 1. The minimum atomic E-state index is -0.973. The van der Waals surface area contributed by atoms with E-state index in [0.717, 1.165) is 64.3 Å². The highest BCUT2D eigenvalue weighted by molar-refractivity contribution is 5.98. The van der Waals surface area contributed by atoms with Crippen LogP contribution in [-0.4, -0.2) is 18.2 Å². The standard InChI is InChI=1S/C31H30O4/c1-3-4-6-11-24-20-25-21-27(34-2)17-18-28(25)31(30(24)23-9-7-5-8-10-23)35-26-15-12-22(13-16-26)14-19-29(32)33/h5,7-10,12-21H,3-4,6,11H2,1-2H3,(H,32,33). The van der Waals surface area contributed by atoms with E-state index in [1.54, 1.807) is 13.2 Å². The smallest absolute Gasteiger partial charge is 0.328 e. The van der Waals surface area contributed by atoms with Gasteiger partial charge in [0, 0.05) is 17.0 Å². The molecule has 4 nitrogen and oxygen atoms in total. The van der Waals surface area contributed by atoms with Crippen LogP contribution in [0.25, 0.3) is 28.0 Å². The van der Waals surface area contributed by atoms with E-state index < -0.39 is 5.97 Å². The summed E-state index contributed by atoms with van der Waals surface area (Å²) in [4.78, 5) is 10.8. The predicted molar refractivity (Wildman–Crippen MR) is 142 cm³/mol. The van der Waals surface area contributed by atoms with Crippen LogP contribution in [0.5, 0.6) is 17.2 Å². The second-order valence-electron chi connectivity index (χ2n) is 8.49. The van der Waals surface area contributed by atoms with E-state index in [9.17, 15) is 4.79 Å². The quantitative estimate of drug-likeness (QED) is 0.189. The molecule has 0 saturated heterocycles. The monoisotopic (exact) mass is 466 g/mol. The van der Waals surface area contributed by atoms with Gasteiger partial charge in [-0.2, -0.15) is 0 Å². The van der Waals surface area contributed by atoms with Crippen molar-refractivity contribution in [3.05, 3.63) is 96.1 Å². The molecule has 0 atom stereocenters. The summed E-state index contributed by atoms with van der Waals surface area (Å²) >= 11 is 0. The molecule has 0 heterocycles. The van der Waals surface area contributed by atoms with E-state index in [1.807, 2.05) is 36.4 Å². The van der Waals surface area contributed by atoms with E-state index in [2.05, 4.69) is 49.4 Å². The second kappa shape index (κ2) is 11.4. The van der Waals surface area contributed by atoms with Crippen LogP contribution in [0.2, 0.25) is 0 Å². The summed E-state index contributed by atoms with van der Waals surface area (Å²) < 4.78 is 12.1. The van der Waals surface area contributed by atoms with Gasteiger partial charge in [0.25, 0.3) is 0 Å². The number of aryl methyl sites for hydroxylation is 1. The van der Waals surface area contributed by atoms with E-state index in [0.29, 0.717) is 5.75 Å². The summed E-state index contributed by atoms with van der Waals surface area (Å²) in [5.74, 6) is 1.35. The van der Waals surface area contributed by atoms with Crippen LogP contribution >= 0.6 is 0 Å². The van der Waals surface area contributed by atoms with Gasteiger partial charge in [0.15, 0.2) is 0 Å². The average Bonchev–Trinajstić information content (AvgIpc) is 2.88. The first-order chi connectivity index (χ1) is 17.1. The summed E-state index contributed by atoms with van der Waals surface area (Å²) in [7, 11) is 1.68. The van der Waals surface area contributed by atoms with Gasteiger partial charge in [0.2, 0.25) is 0 Å². The molecule has 0 radical (unpaired) electrons. The first kappa shape index (κ1) is 24.1. The number of benzene rings is 4. The van der Waals surface area contributed by atoms with Gasteiger partial charge in [-0.05, 0) is 71.3 Å². The highest BCUT2D eigenvalue weighted by atomic mass is 16.5. The van der Waals surface area contributed by atoms with E-state index in [4.69, 9.17) is 14.6 Å². The second-order valence-corrected chi connectivity index (χ2v) is 8.49. The molecule has 1 N–H and O–H groups in total. The van der Waals surface area contributed by atoms with Crippen LogP contribution in [0.4, 0.5) is 0 Å². The third kappa shape index (κ3) is 5.90. The highest BCUT2D eigenvalue weighted by Crippen LogP contribution is 2.43. The van der Waals surface area contributed by atoms with Crippen molar-refractivity contribution in [2.75, 3.05) is 7.11 Å². The molecule has 0 aliphatic heterocycles. The maximum absolute atomic E-state index is 10.8. The van der Waals surface area contributed by atoms with Crippen LogP contribution in [0.15, 0.2) is 84.9 Å². The predicted octanol–water partition coefficient (Wildman–Crippen LogP) is 8.14. The molecule has 0 fully saturated rings. The summed E-state index contributed by atoms with van der Waals surface area (Å²) in [5.41, 5.74) is 4.27. The third-order valence-electron chi connectivity index (χ3n) is 6.01. The Morgan fingerprint density at radius 3 is 2.34 bits per heavy atom. The zero-order valence-electron chi connectivity index (χ0n) is 20.2. The average molecular weight is 467 g/mol. The molecular weight excluding hydrogens is 436 g/mol. The van der Waals surface area contributed by atoms with Crippen molar-refractivity contribution >= 4 is 22.8 Å². The highest BCUT2D eigenvalue weighted by Gasteiger charge is 2.18. The Morgan fingerprint density at radius 1 is 0.914 bits per heavy atom. The van der Waals surface area contributed by atoms with Gasteiger partial charge in [0.05, 0.1) is 7.11 Å². The van der Waals surface area contributed by atoms with Gasteiger partial charge < -0.3 is 14.6 Å². The first-order valence-corrected chi connectivity index (χ1v) is 12.0. The molecule has 35 heavy (non-hydrogen) atoms. The largest absolute Gasteiger partial charge is 0.497 e. The lowest BCUT2D eigenvalue weighted by atomic mass is 9.91. The van der Waals surface area contributed by atoms with Gasteiger partial charge in [-0.15, -0.1) is 0 Å². The summed E-state index contributed by atoms with van der Waals surface area (Å²) in [6.45, 7) is 2.22. The molecule has 0 amide bonds. The minimum absolute atomic E-state index is 0.692. The van der Waals surface area contributed by atoms with E-state index >= 15 is 0 Å². The molecule has 4 aromatic carbocycles. The van der Waals surface area contributed by atoms with Crippen LogP contribution in [0, 0.1) is 0 Å². The molecule has 4 heteroatoms. The number of aliphatic carboxylic acids is 1. The van der Waals surface area contributed by atoms with Crippen LogP contribution in [-0.2, 0) is 11.2 Å². The van der Waals surface area contributed by atoms with Crippen molar-refractivity contribution in [1.82, 2.24) is 0 Å². The fourth-order valence-corrected chi connectivity index (χ4v) is 4.26. The molecule has 0 spiro atoms. The van der Waals surface area contributed by atoms with Crippen LogP contribution in [0.3, 0.4) is 0 Å². The Bertz CT molecular complexity index is 1320. The van der Waals surface area contributed by atoms with Crippen molar-refractivity contribution in [2.45, 2.75) is 32.6 Å². The first-order valence-electron chi connectivity index (χ1n) is 12.0. The number of fused-ring (bicyclic) bond motifs is 1. The number of rotatable bonds is 10. The molecule has 0 aliphatic carbocycles.